The second-order valence-corrected chi connectivity index (χ2v) is 4.11. The summed E-state index contributed by atoms with van der Waals surface area (Å²) in [6.45, 7) is 1.84. The first-order valence-electron chi connectivity index (χ1n) is 5.67. The molecule has 0 spiro atoms. The zero-order chi connectivity index (χ0) is 13.4. The molecule has 3 rings (SSSR count). The summed E-state index contributed by atoms with van der Waals surface area (Å²) in [7, 11) is 0. The quantitative estimate of drug-likeness (QED) is 0.754. The highest BCUT2D eigenvalue weighted by Crippen LogP contribution is 2.19. The van der Waals surface area contributed by atoms with E-state index in [0.717, 1.165) is 5.56 Å². The van der Waals surface area contributed by atoms with Crippen molar-refractivity contribution in [1.82, 2.24) is 19.6 Å². The third-order valence-corrected chi connectivity index (χ3v) is 2.79. The first-order valence-corrected chi connectivity index (χ1v) is 5.67. The van der Waals surface area contributed by atoms with Gasteiger partial charge in [-0.15, -0.1) is 0 Å². The predicted molar refractivity (Wildman–Crippen MR) is 67.9 cm³/mol. The van der Waals surface area contributed by atoms with E-state index in [0.29, 0.717) is 17.0 Å². The average Bonchev–Trinajstić information content (AvgIpc) is 2.80. The van der Waals surface area contributed by atoms with Crippen molar-refractivity contribution < 1.29 is 9.90 Å². The van der Waals surface area contributed by atoms with Gasteiger partial charge in [-0.3, -0.25) is 4.98 Å². The van der Waals surface area contributed by atoms with Crippen LogP contribution in [0, 0.1) is 6.92 Å². The van der Waals surface area contributed by atoms with Crippen molar-refractivity contribution in [3.63, 3.8) is 0 Å². The minimum atomic E-state index is -1.05. The van der Waals surface area contributed by atoms with Crippen molar-refractivity contribution in [2.24, 2.45) is 0 Å². The standard InChI is InChI=1S/C13H10N4O2/c1-8-7-15-17-11(13(18)19)6-10(16-12(8)17)9-4-2-3-5-14-9/h2-7H,1H3,(H,18,19). The first kappa shape index (κ1) is 11.3. The first-order chi connectivity index (χ1) is 9.16. The highest BCUT2D eigenvalue weighted by atomic mass is 16.4. The molecule has 0 saturated carbocycles. The van der Waals surface area contributed by atoms with E-state index in [2.05, 4.69) is 15.1 Å². The van der Waals surface area contributed by atoms with Crippen molar-refractivity contribution in [3.05, 3.63) is 47.9 Å². The molecule has 0 aliphatic carbocycles. The molecule has 0 fully saturated rings. The lowest BCUT2D eigenvalue weighted by atomic mass is 10.2. The Morgan fingerprint density at radius 2 is 2.16 bits per heavy atom. The second kappa shape index (κ2) is 4.16. The lowest BCUT2D eigenvalue weighted by Gasteiger charge is -2.04. The number of carbonyl (C=O) groups is 1. The van der Waals surface area contributed by atoms with Gasteiger partial charge in [0.2, 0.25) is 0 Å². The van der Waals surface area contributed by atoms with E-state index < -0.39 is 5.97 Å². The molecule has 0 bridgehead atoms. The van der Waals surface area contributed by atoms with Gasteiger partial charge in [0, 0.05) is 11.8 Å². The molecular weight excluding hydrogens is 244 g/mol. The van der Waals surface area contributed by atoms with Gasteiger partial charge >= 0.3 is 5.97 Å². The zero-order valence-corrected chi connectivity index (χ0v) is 10.1. The number of fused-ring (bicyclic) bond motifs is 1. The van der Waals surface area contributed by atoms with E-state index in [1.54, 1.807) is 24.5 Å². The Balaban J connectivity index is 2.33. The molecule has 3 aromatic heterocycles. The summed E-state index contributed by atoms with van der Waals surface area (Å²) in [6.07, 6.45) is 3.24. The van der Waals surface area contributed by atoms with Gasteiger partial charge in [-0.25, -0.2) is 14.3 Å². The van der Waals surface area contributed by atoms with Gasteiger partial charge in [-0.1, -0.05) is 6.07 Å². The SMILES string of the molecule is Cc1cnn2c(C(=O)O)cc(-c3ccccn3)nc12. The molecule has 3 heterocycles. The molecule has 94 valence electrons. The Labute approximate surface area is 108 Å². The number of hydrogen-bond acceptors (Lipinski definition) is 4. The molecule has 19 heavy (non-hydrogen) atoms. The van der Waals surface area contributed by atoms with Crippen molar-refractivity contribution in [2.45, 2.75) is 6.92 Å². The van der Waals surface area contributed by atoms with Gasteiger partial charge in [-0.2, -0.15) is 5.10 Å². The number of pyridine rings is 1. The van der Waals surface area contributed by atoms with Crippen LogP contribution in [-0.2, 0) is 0 Å². The van der Waals surface area contributed by atoms with Crippen LogP contribution >= 0.6 is 0 Å². The predicted octanol–water partition coefficient (Wildman–Crippen LogP) is 1.80. The smallest absolute Gasteiger partial charge is 0.354 e. The molecule has 0 aliphatic heterocycles. The van der Waals surface area contributed by atoms with Gasteiger partial charge in [0.1, 0.15) is 0 Å². The number of hydrogen-bond donors (Lipinski definition) is 1. The maximum absolute atomic E-state index is 11.3. The lowest BCUT2D eigenvalue weighted by molar-refractivity contribution is 0.0687. The van der Waals surface area contributed by atoms with E-state index >= 15 is 0 Å². The fraction of sp³-hybridized carbons (Fsp3) is 0.0769. The molecule has 0 atom stereocenters. The topological polar surface area (TPSA) is 80.4 Å². The number of carboxylic acid groups (broad SMARTS) is 1. The van der Waals surface area contributed by atoms with Gasteiger partial charge < -0.3 is 5.11 Å². The Morgan fingerprint density at radius 3 is 2.84 bits per heavy atom. The molecule has 0 aromatic carbocycles. The summed E-state index contributed by atoms with van der Waals surface area (Å²) in [5.41, 5.74) is 2.57. The second-order valence-electron chi connectivity index (χ2n) is 4.11. The van der Waals surface area contributed by atoms with Crippen LogP contribution in [0.5, 0.6) is 0 Å². The van der Waals surface area contributed by atoms with Crippen LogP contribution in [-0.4, -0.2) is 30.7 Å². The number of rotatable bonds is 2. The largest absolute Gasteiger partial charge is 0.477 e. The minimum absolute atomic E-state index is 0.0683. The summed E-state index contributed by atoms with van der Waals surface area (Å²) in [4.78, 5) is 19.9. The molecule has 0 amide bonds. The van der Waals surface area contributed by atoms with Crippen LogP contribution in [0.25, 0.3) is 17.0 Å². The van der Waals surface area contributed by atoms with Crippen LogP contribution in [0.15, 0.2) is 36.7 Å². The molecule has 0 unspecified atom stereocenters. The molecule has 0 saturated heterocycles. The summed E-state index contributed by atoms with van der Waals surface area (Å²) in [6, 6.07) is 6.89. The Bertz CT molecular complexity index is 765. The maximum atomic E-state index is 11.3. The maximum Gasteiger partial charge on any atom is 0.354 e. The van der Waals surface area contributed by atoms with Crippen molar-refractivity contribution in [3.8, 4) is 11.4 Å². The molecule has 6 heteroatoms. The summed E-state index contributed by atoms with van der Waals surface area (Å²) < 4.78 is 1.32. The number of aromatic nitrogens is 4. The Kier molecular flexibility index (Phi) is 2.49. The molecule has 3 aromatic rings. The fourth-order valence-electron chi connectivity index (χ4n) is 1.87. The van der Waals surface area contributed by atoms with Gasteiger partial charge in [0.15, 0.2) is 11.3 Å². The molecule has 0 radical (unpaired) electrons. The normalized spacial score (nSPS) is 10.8. The Hall–Kier alpha value is -2.76. The van der Waals surface area contributed by atoms with Crippen LogP contribution in [0.4, 0.5) is 0 Å². The van der Waals surface area contributed by atoms with Crippen LogP contribution in [0.3, 0.4) is 0 Å². The van der Waals surface area contributed by atoms with Crippen molar-refractivity contribution in [2.75, 3.05) is 0 Å². The Morgan fingerprint density at radius 1 is 1.32 bits per heavy atom. The van der Waals surface area contributed by atoms with Gasteiger partial charge in [0.05, 0.1) is 17.6 Å². The van der Waals surface area contributed by atoms with Crippen molar-refractivity contribution in [1.29, 1.82) is 0 Å². The third kappa shape index (κ3) is 1.83. The monoisotopic (exact) mass is 254 g/mol. The van der Waals surface area contributed by atoms with Gasteiger partial charge in [-0.05, 0) is 25.1 Å². The highest BCUT2D eigenvalue weighted by Gasteiger charge is 2.15. The van der Waals surface area contributed by atoms with Gasteiger partial charge in [0.25, 0.3) is 0 Å². The molecule has 6 nitrogen and oxygen atoms in total. The molecule has 0 aliphatic rings. The van der Waals surface area contributed by atoms with E-state index in [9.17, 15) is 9.90 Å². The summed E-state index contributed by atoms with van der Waals surface area (Å²) >= 11 is 0. The van der Waals surface area contributed by atoms with E-state index in [1.165, 1.54) is 10.6 Å². The lowest BCUT2D eigenvalue weighted by Crippen LogP contribution is -2.08. The molecule has 1 N–H and O–H groups in total. The van der Waals surface area contributed by atoms with Crippen LogP contribution < -0.4 is 0 Å². The zero-order valence-electron chi connectivity index (χ0n) is 10.1. The highest BCUT2D eigenvalue weighted by molar-refractivity contribution is 5.88. The summed E-state index contributed by atoms with van der Waals surface area (Å²) in [5.74, 6) is -1.05. The summed E-state index contributed by atoms with van der Waals surface area (Å²) in [5, 5.41) is 13.3. The third-order valence-electron chi connectivity index (χ3n) is 2.79. The van der Waals surface area contributed by atoms with E-state index in [4.69, 9.17) is 0 Å². The average molecular weight is 254 g/mol. The minimum Gasteiger partial charge on any atom is -0.477 e. The van der Waals surface area contributed by atoms with E-state index in [1.807, 2.05) is 13.0 Å². The van der Waals surface area contributed by atoms with Crippen molar-refractivity contribution >= 4 is 11.6 Å². The molecular formula is C13H10N4O2. The number of carboxylic acids is 1. The number of aryl methyl sites for hydroxylation is 1. The fourth-order valence-corrected chi connectivity index (χ4v) is 1.87. The van der Waals surface area contributed by atoms with E-state index in [-0.39, 0.29) is 5.69 Å². The number of aromatic carboxylic acids is 1. The van der Waals surface area contributed by atoms with Crippen LogP contribution in [0.2, 0.25) is 0 Å². The number of nitrogens with zero attached hydrogens (tertiary/aromatic N) is 4. The van der Waals surface area contributed by atoms with Crippen LogP contribution in [0.1, 0.15) is 16.1 Å².